The predicted molar refractivity (Wildman–Crippen MR) is 234 cm³/mol. The minimum atomic E-state index is 0.362. The van der Waals surface area contributed by atoms with Crippen molar-refractivity contribution in [2.45, 2.75) is 56.8 Å². The summed E-state index contributed by atoms with van der Waals surface area (Å²) in [5.41, 5.74) is 19.7. The van der Waals surface area contributed by atoms with Gasteiger partial charge in [0.2, 0.25) is 0 Å². The van der Waals surface area contributed by atoms with Crippen molar-refractivity contribution in [3.63, 3.8) is 0 Å². The van der Waals surface area contributed by atoms with E-state index in [2.05, 4.69) is 182 Å². The fraction of sp³-hybridized carbons (Fsp3) is 0.167. The predicted octanol–water partition coefficient (Wildman–Crippen LogP) is 13.7. The Morgan fingerprint density at radius 2 is 1.29 bits per heavy atom. The standard InChI is InChI=1S/C54H46N2/c1-3-14-52-53(4-2)56(54(55-52)37-15-6-5-7-16-37)42-30-24-36(25-31-42)23-26-40-33-41-28-27-38(34-50(41)44-18-9-8-17-43(40)44)39-29-32-49-47-21-11-10-19-45(47)46-20-12-13-22-48(46)51(49)35-39/h4-13,15-22,24-25,27-32,34-35,40,46,48H,2-3,14,23,26,33H2,1H3. The van der Waals surface area contributed by atoms with Crippen molar-refractivity contribution in [2.24, 2.45) is 0 Å². The van der Waals surface area contributed by atoms with Crippen molar-refractivity contribution in [3.8, 4) is 50.5 Å². The molecule has 0 aliphatic heterocycles. The molecule has 3 aliphatic carbocycles. The molecule has 1 heterocycles. The molecule has 3 atom stereocenters. The minimum Gasteiger partial charge on any atom is -0.293 e. The van der Waals surface area contributed by atoms with Gasteiger partial charge in [0.05, 0.1) is 11.4 Å². The Bertz CT molecular complexity index is 2650. The molecule has 56 heavy (non-hydrogen) atoms. The molecule has 0 amide bonds. The number of aromatic nitrogens is 2. The molecule has 0 fully saturated rings. The van der Waals surface area contributed by atoms with Gasteiger partial charge in [0.15, 0.2) is 0 Å². The van der Waals surface area contributed by atoms with Gasteiger partial charge in [-0.1, -0.05) is 159 Å². The molecule has 2 heteroatoms. The van der Waals surface area contributed by atoms with Gasteiger partial charge in [0, 0.05) is 23.1 Å². The van der Waals surface area contributed by atoms with Crippen LogP contribution in [0, 0.1) is 0 Å². The average molecular weight is 723 g/mol. The first-order valence-corrected chi connectivity index (χ1v) is 20.4. The smallest absolute Gasteiger partial charge is 0.145 e. The van der Waals surface area contributed by atoms with Crippen molar-refractivity contribution in [1.29, 1.82) is 0 Å². The van der Waals surface area contributed by atoms with Crippen molar-refractivity contribution >= 4 is 6.08 Å². The zero-order chi connectivity index (χ0) is 37.6. The summed E-state index contributed by atoms with van der Waals surface area (Å²) in [5, 5.41) is 0. The van der Waals surface area contributed by atoms with Crippen molar-refractivity contribution in [1.82, 2.24) is 9.55 Å². The summed E-state index contributed by atoms with van der Waals surface area (Å²) in [5.74, 6) is 2.19. The maximum atomic E-state index is 5.13. The van der Waals surface area contributed by atoms with Gasteiger partial charge in [-0.05, 0) is 123 Å². The van der Waals surface area contributed by atoms with E-state index in [1.807, 2.05) is 6.08 Å². The second kappa shape index (κ2) is 14.4. The molecule has 3 unspecified atom stereocenters. The first kappa shape index (κ1) is 34.3. The number of benzene rings is 6. The topological polar surface area (TPSA) is 17.8 Å². The van der Waals surface area contributed by atoms with Crippen LogP contribution in [0.5, 0.6) is 0 Å². The summed E-state index contributed by atoms with van der Waals surface area (Å²) in [6.45, 7) is 6.40. The molecule has 6 aromatic carbocycles. The van der Waals surface area contributed by atoms with Gasteiger partial charge in [-0.25, -0.2) is 4.98 Å². The average Bonchev–Trinajstić information content (AvgIpc) is 3.64. The van der Waals surface area contributed by atoms with Crippen LogP contribution in [0.15, 0.2) is 170 Å². The normalized spacial score (nSPS) is 17.3. The highest BCUT2D eigenvalue weighted by molar-refractivity contribution is 5.83. The van der Waals surface area contributed by atoms with Crippen molar-refractivity contribution < 1.29 is 0 Å². The van der Waals surface area contributed by atoms with Crippen LogP contribution in [0.25, 0.3) is 56.5 Å². The number of fused-ring (bicyclic) bond motifs is 9. The van der Waals surface area contributed by atoms with Crippen LogP contribution in [0.1, 0.15) is 76.7 Å². The van der Waals surface area contributed by atoms with Crippen molar-refractivity contribution in [2.75, 3.05) is 0 Å². The number of hydrogen-bond acceptors (Lipinski definition) is 1. The number of aryl methyl sites for hydroxylation is 2. The third-order valence-electron chi connectivity index (χ3n) is 12.4. The molecule has 0 spiro atoms. The summed E-state index contributed by atoms with van der Waals surface area (Å²) >= 11 is 0. The summed E-state index contributed by atoms with van der Waals surface area (Å²) in [6, 6.07) is 52.1. The van der Waals surface area contributed by atoms with Crippen LogP contribution in [-0.4, -0.2) is 9.55 Å². The maximum absolute atomic E-state index is 5.13. The molecule has 0 N–H and O–H groups in total. The van der Waals surface area contributed by atoms with E-state index in [1.165, 1.54) is 61.2 Å². The summed E-state index contributed by atoms with van der Waals surface area (Å²) in [7, 11) is 0. The summed E-state index contributed by atoms with van der Waals surface area (Å²) in [6.07, 6.45) is 16.3. The largest absolute Gasteiger partial charge is 0.293 e. The first-order valence-electron chi connectivity index (χ1n) is 20.4. The number of allylic oxidation sites excluding steroid dienone is 4. The molecule has 0 bridgehead atoms. The number of hydrogen-bond donors (Lipinski definition) is 0. The molecule has 10 rings (SSSR count). The molecule has 0 saturated carbocycles. The van der Waals surface area contributed by atoms with E-state index in [4.69, 9.17) is 4.98 Å². The number of rotatable bonds is 9. The Hall–Kier alpha value is -6.25. The second-order valence-electron chi connectivity index (χ2n) is 15.7. The molecule has 0 saturated heterocycles. The lowest BCUT2D eigenvalue weighted by Gasteiger charge is -2.34. The van der Waals surface area contributed by atoms with Crippen LogP contribution in [0.4, 0.5) is 0 Å². The minimum absolute atomic E-state index is 0.362. The van der Waals surface area contributed by atoms with E-state index in [0.717, 1.165) is 60.6 Å². The lowest BCUT2D eigenvalue weighted by Crippen LogP contribution is -2.16. The number of imidazole rings is 1. The zero-order valence-electron chi connectivity index (χ0n) is 32.0. The Kier molecular flexibility index (Phi) is 8.83. The molecule has 1 aromatic heterocycles. The quantitative estimate of drug-likeness (QED) is 0.145. The Morgan fingerprint density at radius 3 is 2.05 bits per heavy atom. The highest BCUT2D eigenvalue weighted by atomic mass is 15.1. The monoisotopic (exact) mass is 722 g/mol. The Morgan fingerprint density at radius 1 is 0.625 bits per heavy atom. The molecule has 0 radical (unpaired) electrons. The maximum Gasteiger partial charge on any atom is 0.145 e. The third-order valence-corrected chi connectivity index (χ3v) is 12.4. The van der Waals surface area contributed by atoms with Gasteiger partial charge < -0.3 is 0 Å². The van der Waals surface area contributed by atoms with Crippen LogP contribution >= 0.6 is 0 Å². The van der Waals surface area contributed by atoms with E-state index < -0.39 is 0 Å². The molecular weight excluding hydrogens is 677 g/mol. The van der Waals surface area contributed by atoms with E-state index in [-0.39, 0.29) is 0 Å². The van der Waals surface area contributed by atoms with Gasteiger partial charge in [-0.2, -0.15) is 0 Å². The highest BCUT2D eigenvalue weighted by Gasteiger charge is 2.32. The fourth-order valence-corrected chi connectivity index (χ4v) is 9.72. The highest BCUT2D eigenvalue weighted by Crippen LogP contribution is 2.50. The van der Waals surface area contributed by atoms with Crippen LogP contribution in [0.3, 0.4) is 0 Å². The van der Waals surface area contributed by atoms with Crippen molar-refractivity contribution in [3.05, 3.63) is 210 Å². The van der Waals surface area contributed by atoms with Gasteiger partial charge in [0.1, 0.15) is 5.82 Å². The third kappa shape index (κ3) is 5.92. The first-order chi connectivity index (χ1) is 27.7. The lowest BCUT2D eigenvalue weighted by molar-refractivity contribution is 0.616. The molecule has 272 valence electrons. The van der Waals surface area contributed by atoms with E-state index in [0.29, 0.717) is 17.8 Å². The lowest BCUT2D eigenvalue weighted by atomic mass is 9.69. The Balaban J connectivity index is 0.913. The second-order valence-corrected chi connectivity index (χ2v) is 15.7. The summed E-state index contributed by atoms with van der Waals surface area (Å²) < 4.78 is 2.28. The number of nitrogens with zero attached hydrogens (tertiary/aromatic N) is 2. The van der Waals surface area contributed by atoms with Gasteiger partial charge >= 0.3 is 0 Å². The van der Waals surface area contributed by atoms with Gasteiger partial charge in [-0.15, -0.1) is 0 Å². The molecular formula is C54H46N2. The van der Waals surface area contributed by atoms with Crippen LogP contribution in [0.2, 0.25) is 0 Å². The molecule has 2 nitrogen and oxygen atoms in total. The SMILES string of the molecule is C=Cc1c(CCC)nc(-c2ccccc2)n1-c1ccc(CCC2Cc3ccc(-c4ccc5c(c4)C4C=CC=CC4c4ccccc4-5)cc3-c3ccccc32)cc1. The van der Waals surface area contributed by atoms with Crippen LogP contribution in [-0.2, 0) is 19.3 Å². The van der Waals surface area contributed by atoms with Gasteiger partial charge in [-0.3, -0.25) is 4.57 Å². The van der Waals surface area contributed by atoms with Gasteiger partial charge in [0.25, 0.3) is 0 Å². The van der Waals surface area contributed by atoms with E-state index in [1.54, 1.807) is 0 Å². The summed E-state index contributed by atoms with van der Waals surface area (Å²) in [4.78, 5) is 5.13. The molecule has 3 aliphatic rings. The fourth-order valence-electron chi connectivity index (χ4n) is 9.72. The van der Waals surface area contributed by atoms with Crippen LogP contribution < -0.4 is 0 Å². The van der Waals surface area contributed by atoms with E-state index >= 15 is 0 Å². The van der Waals surface area contributed by atoms with E-state index in [9.17, 15) is 0 Å². The molecule has 7 aromatic rings. The Labute approximate surface area is 331 Å². The zero-order valence-corrected chi connectivity index (χ0v) is 32.0.